The Labute approximate surface area is 144 Å². The van der Waals surface area contributed by atoms with Crippen molar-refractivity contribution < 1.29 is 14.3 Å². The summed E-state index contributed by atoms with van der Waals surface area (Å²) in [5.41, 5.74) is 1.12. The summed E-state index contributed by atoms with van der Waals surface area (Å²) in [7, 11) is 0. The van der Waals surface area contributed by atoms with Gasteiger partial charge in [-0.2, -0.15) is 0 Å². The Balaban J connectivity index is 2.04. The number of benzene rings is 1. The third kappa shape index (κ3) is 4.73. The molecule has 1 fully saturated rings. The van der Waals surface area contributed by atoms with Gasteiger partial charge in [-0.3, -0.25) is 4.79 Å². The predicted molar refractivity (Wildman–Crippen MR) is 93.4 cm³/mol. The fourth-order valence-electron chi connectivity index (χ4n) is 3.09. The first kappa shape index (κ1) is 18.3. The molecule has 1 saturated heterocycles. The lowest BCUT2D eigenvalue weighted by Crippen LogP contribution is -2.48. The van der Waals surface area contributed by atoms with E-state index in [2.05, 4.69) is 0 Å². The number of ether oxygens (including phenoxy) is 1. The molecular weight excluding hydrogens is 304 g/mol. The maximum atomic E-state index is 13.0. The van der Waals surface area contributed by atoms with Gasteiger partial charge in [0.05, 0.1) is 12.5 Å². The lowest BCUT2D eigenvalue weighted by molar-refractivity contribution is -0.139. The maximum Gasteiger partial charge on any atom is 0.409 e. The van der Waals surface area contributed by atoms with Crippen LogP contribution in [0.25, 0.3) is 0 Å². The van der Waals surface area contributed by atoms with Gasteiger partial charge in [-0.15, -0.1) is 0 Å². The molecule has 5 nitrogen and oxygen atoms in total. The van der Waals surface area contributed by atoms with Crippen LogP contribution in [-0.2, 0) is 16.1 Å². The lowest BCUT2D eigenvalue weighted by Gasteiger charge is -2.36. The smallest absolute Gasteiger partial charge is 0.409 e. The van der Waals surface area contributed by atoms with E-state index in [4.69, 9.17) is 4.74 Å². The molecule has 1 aliphatic rings. The summed E-state index contributed by atoms with van der Waals surface area (Å²) in [4.78, 5) is 28.5. The van der Waals surface area contributed by atoms with Gasteiger partial charge in [0, 0.05) is 25.7 Å². The van der Waals surface area contributed by atoms with Crippen LogP contribution in [0.5, 0.6) is 0 Å². The molecule has 0 aromatic heterocycles. The second-order valence-corrected chi connectivity index (χ2v) is 6.53. The summed E-state index contributed by atoms with van der Waals surface area (Å²) in [5, 5.41) is 0. The van der Waals surface area contributed by atoms with E-state index in [1.165, 1.54) is 0 Å². The third-order valence-corrected chi connectivity index (χ3v) is 4.40. The monoisotopic (exact) mass is 332 g/mol. The maximum absolute atomic E-state index is 13.0. The molecule has 5 heteroatoms. The second-order valence-electron chi connectivity index (χ2n) is 6.53. The van der Waals surface area contributed by atoms with Gasteiger partial charge in [-0.1, -0.05) is 30.3 Å². The van der Waals surface area contributed by atoms with Crippen LogP contribution < -0.4 is 0 Å². The van der Waals surface area contributed by atoms with Crippen LogP contribution in [0.15, 0.2) is 30.3 Å². The van der Waals surface area contributed by atoms with Crippen LogP contribution in [0.4, 0.5) is 4.79 Å². The van der Waals surface area contributed by atoms with Crippen molar-refractivity contribution in [3.05, 3.63) is 35.9 Å². The Morgan fingerprint density at radius 2 is 2.00 bits per heavy atom. The molecule has 0 radical (unpaired) electrons. The lowest BCUT2D eigenvalue weighted by atomic mass is 9.96. The largest absolute Gasteiger partial charge is 0.450 e. The molecule has 1 unspecified atom stereocenters. The van der Waals surface area contributed by atoms with E-state index >= 15 is 0 Å². The molecule has 1 heterocycles. The number of amides is 2. The SMILES string of the molecule is CCOC(=O)N1CCCC(C(=O)N(Cc2ccccc2)C(C)C)C1. The Hall–Kier alpha value is -2.04. The van der Waals surface area contributed by atoms with Crippen molar-refractivity contribution in [1.29, 1.82) is 0 Å². The highest BCUT2D eigenvalue weighted by Crippen LogP contribution is 2.22. The van der Waals surface area contributed by atoms with Crippen molar-refractivity contribution >= 4 is 12.0 Å². The average Bonchev–Trinajstić information content (AvgIpc) is 2.60. The van der Waals surface area contributed by atoms with Crippen LogP contribution in [-0.4, -0.2) is 47.5 Å². The van der Waals surface area contributed by atoms with Gasteiger partial charge in [0.15, 0.2) is 0 Å². The highest BCUT2D eigenvalue weighted by atomic mass is 16.6. The van der Waals surface area contributed by atoms with E-state index in [1.54, 1.807) is 11.8 Å². The van der Waals surface area contributed by atoms with Crippen molar-refractivity contribution in [3.8, 4) is 0 Å². The molecule has 2 rings (SSSR count). The van der Waals surface area contributed by atoms with Crippen molar-refractivity contribution in [2.75, 3.05) is 19.7 Å². The van der Waals surface area contributed by atoms with Crippen molar-refractivity contribution in [3.63, 3.8) is 0 Å². The molecule has 0 saturated carbocycles. The molecule has 0 aliphatic carbocycles. The zero-order valence-electron chi connectivity index (χ0n) is 14.9. The topological polar surface area (TPSA) is 49.9 Å². The highest BCUT2D eigenvalue weighted by Gasteiger charge is 2.32. The molecule has 0 bridgehead atoms. The van der Waals surface area contributed by atoms with Crippen LogP contribution in [0, 0.1) is 5.92 Å². The van der Waals surface area contributed by atoms with Crippen molar-refractivity contribution in [2.24, 2.45) is 5.92 Å². The van der Waals surface area contributed by atoms with E-state index in [1.807, 2.05) is 49.1 Å². The number of rotatable bonds is 5. The third-order valence-electron chi connectivity index (χ3n) is 4.40. The van der Waals surface area contributed by atoms with E-state index in [0.29, 0.717) is 26.2 Å². The van der Waals surface area contributed by atoms with Gasteiger partial charge in [-0.05, 0) is 39.2 Å². The standard InChI is InChI=1S/C19H28N2O3/c1-4-24-19(23)20-12-8-11-17(14-20)18(22)21(15(2)3)13-16-9-6-5-7-10-16/h5-7,9-10,15,17H,4,8,11-14H2,1-3H3. The summed E-state index contributed by atoms with van der Waals surface area (Å²) in [6.45, 7) is 7.95. The molecule has 0 spiro atoms. The number of hydrogen-bond donors (Lipinski definition) is 0. The number of hydrogen-bond acceptors (Lipinski definition) is 3. The molecule has 24 heavy (non-hydrogen) atoms. The molecule has 1 aromatic rings. The van der Waals surface area contributed by atoms with Crippen molar-refractivity contribution in [2.45, 2.75) is 46.2 Å². The Bertz CT molecular complexity index is 545. The summed E-state index contributed by atoms with van der Waals surface area (Å²) in [5.74, 6) is -0.0166. The molecule has 0 N–H and O–H groups in total. The normalized spacial score (nSPS) is 17.7. The number of carbonyl (C=O) groups excluding carboxylic acids is 2. The number of likely N-dealkylation sites (tertiary alicyclic amines) is 1. The van der Waals surface area contributed by atoms with Gasteiger partial charge in [0.1, 0.15) is 0 Å². The molecule has 1 atom stereocenters. The van der Waals surface area contributed by atoms with Crippen LogP contribution >= 0.6 is 0 Å². The number of piperidine rings is 1. The van der Waals surface area contributed by atoms with Gasteiger partial charge in [0.25, 0.3) is 0 Å². The fourth-order valence-corrected chi connectivity index (χ4v) is 3.09. The quantitative estimate of drug-likeness (QED) is 0.831. The summed E-state index contributed by atoms with van der Waals surface area (Å²) < 4.78 is 5.08. The zero-order chi connectivity index (χ0) is 17.5. The minimum absolute atomic E-state index is 0.121. The Morgan fingerprint density at radius 1 is 1.29 bits per heavy atom. The summed E-state index contributed by atoms with van der Waals surface area (Å²) in [6, 6.07) is 10.1. The first-order valence-electron chi connectivity index (χ1n) is 8.79. The first-order valence-corrected chi connectivity index (χ1v) is 8.79. The van der Waals surface area contributed by atoms with Gasteiger partial charge in [0.2, 0.25) is 5.91 Å². The summed E-state index contributed by atoms with van der Waals surface area (Å²) >= 11 is 0. The number of carbonyl (C=O) groups is 2. The van der Waals surface area contributed by atoms with Gasteiger partial charge in [-0.25, -0.2) is 4.79 Å². The van der Waals surface area contributed by atoms with Gasteiger partial charge >= 0.3 is 6.09 Å². The van der Waals surface area contributed by atoms with E-state index < -0.39 is 0 Å². The molecule has 1 aromatic carbocycles. The number of nitrogens with zero attached hydrogens (tertiary/aromatic N) is 2. The highest BCUT2D eigenvalue weighted by molar-refractivity contribution is 5.80. The summed E-state index contributed by atoms with van der Waals surface area (Å²) in [6.07, 6.45) is 1.35. The molecule has 2 amide bonds. The minimum Gasteiger partial charge on any atom is -0.450 e. The van der Waals surface area contributed by atoms with E-state index in [0.717, 1.165) is 18.4 Å². The van der Waals surface area contributed by atoms with Crippen LogP contribution in [0.1, 0.15) is 39.2 Å². The first-order chi connectivity index (χ1) is 11.5. The van der Waals surface area contributed by atoms with Crippen molar-refractivity contribution in [1.82, 2.24) is 9.80 Å². The van der Waals surface area contributed by atoms with E-state index in [9.17, 15) is 9.59 Å². The zero-order valence-corrected chi connectivity index (χ0v) is 14.9. The second kappa shape index (κ2) is 8.71. The fraction of sp³-hybridized carbons (Fsp3) is 0.579. The molecule has 132 valence electrons. The van der Waals surface area contributed by atoms with E-state index in [-0.39, 0.29) is 24.0 Å². The average molecular weight is 332 g/mol. The molecular formula is C19H28N2O3. The minimum atomic E-state index is -0.311. The predicted octanol–water partition coefficient (Wildman–Crippen LogP) is 3.29. The van der Waals surface area contributed by atoms with Gasteiger partial charge < -0.3 is 14.5 Å². The van der Waals surface area contributed by atoms with Crippen LogP contribution in [0.3, 0.4) is 0 Å². The Morgan fingerprint density at radius 3 is 2.62 bits per heavy atom. The van der Waals surface area contributed by atoms with Crippen LogP contribution in [0.2, 0.25) is 0 Å². The molecule has 1 aliphatic heterocycles. The Kier molecular flexibility index (Phi) is 6.64.